The van der Waals surface area contributed by atoms with Gasteiger partial charge < -0.3 is 15.2 Å². The van der Waals surface area contributed by atoms with Crippen molar-refractivity contribution in [1.82, 2.24) is 5.32 Å². The largest absolute Gasteiger partial charge is 0.507 e. The summed E-state index contributed by atoms with van der Waals surface area (Å²) >= 11 is 5.45. The van der Waals surface area contributed by atoms with Crippen molar-refractivity contribution in [2.75, 3.05) is 25.6 Å². The lowest BCUT2D eigenvalue weighted by Gasteiger charge is -2.07. The van der Waals surface area contributed by atoms with E-state index in [1.165, 1.54) is 6.07 Å². The van der Waals surface area contributed by atoms with Crippen molar-refractivity contribution in [3.8, 4) is 5.75 Å². The molecule has 0 heterocycles. The number of halogens is 1. The molecule has 18 heavy (non-hydrogen) atoms. The third-order valence-electron chi connectivity index (χ3n) is 2.37. The molecule has 0 saturated heterocycles. The molecule has 5 heteroatoms. The molecule has 1 aromatic carbocycles. The molecule has 2 N–H and O–H groups in total. The van der Waals surface area contributed by atoms with Gasteiger partial charge in [-0.3, -0.25) is 4.79 Å². The van der Waals surface area contributed by atoms with E-state index in [1.807, 2.05) is 6.92 Å². The smallest absolute Gasteiger partial charge is 0.255 e. The Morgan fingerprint density at radius 3 is 2.94 bits per heavy atom. The molecule has 0 aromatic heterocycles. The summed E-state index contributed by atoms with van der Waals surface area (Å²) < 4.78 is 5.18. The fourth-order valence-electron chi connectivity index (χ4n) is 1.46. The number of benzene rings is 1. The number of phenolic OH excluding ortho intramolecular Hbond substituents is 1. The highest BCUT2D eigenvalue weighted by atomic mass is 35.5. The van der Waals surface area contributed by atoms with Crippen molar-refractivity contribution in [2.24, 2.45) is 0 Å². The van der Waals surface area contributed by atoms with Crippen molar-refractivity contribution >= 4 is 17.5 Å². The van der Waals surface area contributed by atoms with Gasteiger partial charge in [-0.2, -0.15) is 0 Å². The standard InChI is InChI=1S/C13H18ClNO3/c1-10-3-4-12(16)11(9-10)13(17)15-6-2-7-18-8-5-14/h3-4,9,16H,2,5-8H2,1H3,(H,15,17). The fourth-order valence-corrected chi connectivity index (χ4v) is 1.57. The van der Waals surface area contributed by atoms with Crippen LogP contribution in [0.4, 0.5) is 0 Å². The van der Waals surface area contributed by atoms with Gasteiger partial charge >= 0.3 is 0 Å². The van der Waals surface area contributed by atoms with Crippen molar-refractivity contribution < 1.29 is 14.6 Å². The highest BCUT2D eigenvalue weighted by Crippen LogP contribution is 2.17. The molecule has 0 aliphatic carbocycles. The molecule has 0 spiro atoms. The zero-order valence-corrected chi connectivity index (χ0v) is 11.2. The first-order valence-corrected chi connectivity index (χ1v) is 6.40. The van der Waals surface area contributed by atoms with Gasteiger partial charge in [0.1, 0.15) is 5.75 Å². The van der Waals surface area contributed by atoms with Crippen LogP contribution in [-0.4, -0.2) is 36.7 Å². The van der Waals surface area contributed by atoms with Crippen molar-refractivity contribution in [2.45, 2.75) is 13.3 Å². The first kappa shape index (κ1) is 14.8. The molecule has 1 rings (SSSR count). The van der Waals surface area contributed by atoms with Gasteiger partial charge in [-0.15, -0.1) is 11.6 Å². The normalized spacial score (nSPS) is 10.3. The quantitative estimate of drug-likeness (QED) is 0.590. The highest BCUT2D eigenvalue weighted by Gasteiger charge is 2.10. The Labute approximate surface area is 112 Å². The maximum Gasteiger partial charge on any atom is 0.255 e. The van der Waals surface area contributed by atoms with Crippen LogP contribution in [0, 0.1) is 6.92 Å². The number of aryl methyl sites for hydroxylation is 1. The molecule has 0 bridgehead atoms. The number of rotatable bonds is 7. The molecule has 0 aliphatic rings. The predicted octanol–water partition coefficient (Wildman–Crippen LogP) is 2.08. The Hall–Kier alpha value is -1.26. The number of nitrogens with one attached hydrogen (secondary N) is 1. The van der Waals surface area contributed by atoms with Crippen LogP contribution in [0.2, 0.25) is 0 Å². The lowest BCUT2D eigenvalue weighted by molar-refractivity contribution is 0.0942. The molecular formula is C13H18ClNO3. The molecule has 0 aliphatic heterocycles. The van der Waals surface area contributed by atoms with Gasteiger partial charge in [0.15, 0.2) is 0 Å². The summed E-state index contributed by atoms with van der Waals surface area (Å²) in [5, 5.41) is 12.3. The van der Waals surface area contributed by atoms with Gasteiger partial charge in [0.25, 0.3) is 5.91 Å². The Bertz CT molecular complexity index is 396. The summed E-state index contributed by atoms with van der Waals surface area (Å²) in [6, 6.07) is 4.94. The molecule has 1 amide bonds. The molecular weight excluding hydrogens is 254 g/mol. The Morgan fingerprint density at radius 2 is 2.22 bits per heavy atom. The zero-order chi connectivity index (χ0) is 13.4. The average molecular weight is 272 g/mol. The van der Waals surface area contributed by atoms with E-state index in [-0.39, 0.29) is 11.7 Å². The average Bonchev–Trinajstić information content (AvgIpc) is 2.36. The summed E-state index contributed by atoms with van der Waals surface area (Å²) in [5.74, 6) is 0.203. The van der Waals surface area contributed by atoms with Gasteiger partial charge in [-0.05, 0) is 25.5 Å². The highest BCUT2D eigenvalue weighted by molar-refractivity contribution is 6.17. The maximum atomic E-state index is 11.8. The zero-order valence-electron chi connectivity index (χ0n) is 10.4. The Balaban J connectivity index is 2.34. The maximum absolute atomic E-state index is 11.8. The number of carbonyl (C=O) groups is 1. The van der Waals surface area contributed by atoms with Gasteiger partial charge in [0.05, 0.1) is 12.2 Å². The van der Waals surface area contributed by atoms with E-state index in [1.54, 1.807) is 12.1 Å². The molecule has 100 valence electrons. The van der Waals surface area contributed by atoms with Crippen LogP contribution in [0.3, 0.4) is 0 Å². The second-order valence-corrected chi connectivity index (χ2v) is 4.31. The summed E-state index contributed by atoms with van der Waals surface area (Å²) in [6.45, 7) is 3.46. The number of ether oxygens (including phenoxy) is 1. The van der Waals surface area contributed by atoms with Crippen molar-refractivity contribution in [3.05, 3.63) is 29.3 Å². The topological polar surface area (TPSA) is 58.6 Å². The number of carbonyl (C=O) groups excluding carboxylic acids is 1. The molecule has 1 aromatic rings. The molecule has 4 nitrogen and oxygen atoms in total. The first-order valence-electron chi connectivity index (χ1n) is 5.86. The van der Waals surface area contributed by atoms with Crippen molar-refractivity contribution in [3.63, 3.8) is 0 Å². The Kier molecular flexibility index (Phi) is 6.54. The third kappa shape index (κ3) is 4.94. The minimum atomic E-state index is -0.270. The number of amides is 1. The molecule has 0 saturated carbocycles. The van der Waals surface area contributed by atoms with E-state index in [9.17, 15) is 9.90 Å². The number of alkyl halides is 1. The van der Waals surface area contributed by atoms with Gasteiger partial charge in [-0.25, -0.2) is 0 Å². The van der Waals surface area contributed by atoms with Crippen LogP contribution in [0.5, 0.6) is 5.75 Å². The van der Waals surface area contributed by atoms with E-state index in [0.717, 1.165) is 12.0 Å². The molecule has 0 fully saturated rings. The van der Waals surface area contributed by atoms with Crippen LogP contribution in [0.1, 0.15) is 22.3 Å². The SMILES string of the molecule is Cc1ccc(O)c(C(=O)NCCCOCCCl)c1. The predicted molar refractivity (Wildman–Crippen MR) is 71.3 cm³/mol. The van der Waals surface area contributed by atoms with Gasteiger partial charge in [0.2, 0.25) is 0 Å². The first-order chi connectivity index (χ1) is 8.65. The van der Waals surface area contributed by atoms with E-state index in [2.05, 4.69) is 5.32 Å². The third-order valence-corrected chi connectivity index (χ3v) is 2.52. The summed E-state index contributed by atoms with van der Waals surface area (Å²) in [4.78, 5) is 11.8. The minimum absolute atomic E-state index is 0.00325. The monoisotopic (exact) mass is 271 g/mol. The fraction of sp³-hybridized carbons (Fsp3) is 0.462. The van der Waals surface area contributed by atoms with Crippen LogP contribution in [-0.2, 0) is 4.74 Å². The lowest BCUT2D eigenvalue weighted by atomic mass is 10.1. The van der Waals surface area contributed by atoms with Gasteiger partial charge in [0, 0.05) is 19.0 Å². The van der Waals surface area contributed by atoms with Crippen LogP contribution in [0.25, 0.3) is 0 Å². The molecule has 0 atom stereocenters. The summed E-state index contributed by atoms with van der Waals surface area (Å²) in [6.07, 6.45) is 0.717. The van der Waals surface area contributed by atoms with Crippen molar-refractivity contribution in [1.29, 1.82) is 0 Å². The van der Waals surface area contributed by atoms with Crippen LogP contribution in [0.15, 0.2) is 18.2 Å². The Morgan fingerprint density at radius 1 is 1.44 bits per heavy atom. The summed E-state index contributed by atoms with van der Waals surface area (Å²) in [7, 11) is 0. The van der Waals surface area contributed by atoms with E-state index in [4.69, 9.17) is 16.3 Å². The van der Waals surface area contributed by atoms with Gasteiger partial charge in [-0.1, -0.05) is 11.6 Å². The second-order valence-electron chi connectivity index (χ2n) is 3.93. The summed E-state index contributed by atoms with van der Waals surface area (Å²) in [5.41, 5.74) is 1.24. The van der Waals surface area contributed by atoms with E-state index in [0.29, 0.717) is 31.2 Å². The molecule has 0 unspecified atom stereocenters. The minimum Gasteiger partial charge on any atom is -0.507 e. The lowest BCUT2D eigenvalue weighted by Crippen LogP contribution is -2.25. The second kappa shape index (κ2) is 7.95. The van der Waals surface area contributed by atoms with Crippen LogP contribution < -0.4 is 5.32 Å². The van der Waals surface area contributed by atoms with E-state index >= 15 is 0 Å². The van der Waals surface area contributed by atoms with Crippen LogP contribution >= 0.6 is 11.6 Å². The number of aromatic hydroxyl groups is 1. The number of hydrogen-bond donors (Lipinski definition) is 2. The number of phenols is 1. The number of hydrogen-bond acceptors (Lipinski definition) is 3. The van der Waals surface area contributed by atoms with E-state index < -0.39 is 0 Å². The molecule has 0 radical (unpaired) electrons.